The Morgan fingerprint density at radius 3 is 2.88 bits per heavy atom. The van der Waals surface area contributed by atoms with Crippen molar-refractivity contribution in [2.24, 2.45) is 0 Å². The van der Waals surface area contributed by atoms with Gasteiger partial charge in [0.2, 0.25) is 0 Å². The van der Waals surface area contributed by atoms with Crippen molar-refractivity contribution in [2.75, 3.05) is 25.1 Å². The van der Waals surface area contributed by atoms with E-state index >= 15 is 0 Å². The Morgan fingerprint density at radius 1 is 1.38 bits per heavy atom. The highest BCUT2D eigenvalue weighted by atomic mass is 16.5. The van der Waals surface area contributed by atoms with Gasteiger partial charge in [0.25, 0.3) is 5.88 Å². The third kappa shape index (κ3) is 2.09. The van der Waals surface area contributed by atoms with Crippen LogP contribution in [0.5, 0.6) is 5.88 Å². The summed E-state index contributed by atoms with van der Waals surface area (Å²) in [6, 6.07) is 0.865. The summed E-state index contributed by atoms with van der Waals surface area (Å²) in [4.78, 5) is 10.8. The fraction of sp³-hybridized carbons (Fsp3) is 0.636. The van der Waals surface area contributed by atoms with E-state index in [2.05, 4.69) is 34.0 Å². The predicted octanol–water partition coefficient (Wildman–Crippen LogP) is 0.672. The first-order chi connectivity index (χ1) is 7.72. The van der Waals surface area contributed by atoms with E-state index in [-0.39, 0.29) is 0 Å². The number of hydrogen-bond acceptors (Lipinski definition) is 5. The summed E-state index contributed by atoms with van der Waals surface area (Å²) in [5.41, 5.74) is 0. The van der Waals surface area contributed by atoms with Crippen LogP contribution >= 0.6 is 0 Å². The Kier molecular flexibility index (Phi) is 3.24. The van der Waals surface area contributed by atoms with Gasteiger partial charge in [0.15, 0.2) is 5.82 Å². The fourth-order valence-corrected chi connectivity index (χ4v) is 1.98. The van der Waals surface area contributed by atoms with Crippen molar-refractivity contribution < 1.29 is 4.74 Å². The van der Waals surface area contributed by atoms with E-state index in [1.807, 2.05) is 0 Å². The van der Waals surface area contributed by atoms with Crippen molar-refractivity contribution >= 4 is 5.82 Å². The number of hydrogen-bond donors (Lipinski definition) is 1. The van der Waals surface area contributed by atoms with E-state index in [1.165, 1.54) is 0 Å². The molecule has 16 heavy (non-hydrogen) atoms. The van der Waals surface area contributed by atoms with Gasteiger partial charge in [-0.2, -0.15) is 0 Å². The summed E-state index contributed by atoms with van der Waals surface area (Å²) >= 11 is 0. The summed E-state index contributed by atoms with van der Waals surface area (Å²) in [6.07, 6.45) is 3.36. The van der Waals surface area contributed by atoms with Crippen molar-refractivity contribution in [1.82, 2.24) is 15.3 Å². The van der Waals surface area contributed by atoms with Gasteiger partial charge < -0.3 is 15.0 Å². The molecule has 0 bridgehead atoms. The van der Waals surface area contributed by atoms with Crippen LogP contribution in [0.15, 0.2) is 12.4 Å². The Hall–Kier alpha value is -1.36. The quantitative estimate of drug-likeness (QED) is 0.797. The average molecular weight is 222 g/mol. The molecule has 1 aromatic rings. The summed E-state index contributed by atoms with van der Waals surface area (Å²) in [5, 5.41) is 3.44. The average Bonchev–Trinajstić information content (AvgIpc) is 2.32. The molecule has 1 fully saturated rings. The molecule has 2 unspecified atom stereocenters. The van der Waals surface area contributed by atoms with Crippen molar-refractivity contribution in [3.8, 4) is 5.88 Å². The summed E-state index contributed by atoms with van der Waals surface area (Å²) in [7, 11) is 1.63. The maximum Gasteiger partial charge on any atom is 0.257 e. The topological polar surface area (TPSA) is 50.3 Å². The molecule has 0 spiro atoms. The Morgan fingerprint density at radius 2 is 2.12 bits per heavy atom. The Balaban J connectivity index is 2.27. The third-order valence-corrected chi connectivity index (χ3v) is 2.88. The smallest absolute Gasteiger partial charge is 0.257 e. The van der Waals surface area contributed by atoms with Crippen LogP contribution in [0.4, 0.5) is 5.82 Å². The number of aromatic nitrogens is 2. The minimum atomic E-state index is 0.404. The van der Waals surface area contributed by atoms with Crippen LogP contribution in [0, 0.1) is 0 Å². The first kappa shape index (κ1) is 11.1. The lowest BCUT2D eigenvalue weighted by molar-refractivity contribution is 0.381. The summed E-state index contributed by atoms with van der Waals surface area (Å²) in [5.74, 6) is 1.44. The normalized spacial score (nSPS) is 25.6. The molecule has 5 nitrogen and oxygen atoms in total. The highest BCUT2D eigenvalue weighted by molar-refractivity contribution is 5.49. The second-order valence-corrected chi connectivity index (χ2v) is 4.20. The van der Waals surface area contributed by atoms with Gasteiger partial charge in [-0.3, -0.25) is 0 Å². The second-order valence-electron chi connectivity index (χ2n) is 4.20. The molecule has 0 amide bonds. The van der Waals surface area contributed by atoms with Gasteiger partial charge in [-0.25, -0.2) is 9.97 Å². The van der Waals surface area contributed by atoms with E-state index in [4.69, 9.17) is 4.74 Å². The van der Waals surface area contributed by atoms with E-state index in [0.717, 1.165) is 18.9 Å². The van der Waals surface area contributed by atoms with Crippen LogP contribution in [0.1, 0.15) is 13.8 Å². The number of anilines is 1. The van der Waals surface area contributed by atoms with E-state index in [1.54, 1.807) is 19.5 Å². The number of nitrogens with zero attached hydrogens (tertiary/aromatic N) is 3. The monoisotopic (exact) mass is 222 g/mol. The highest BCUT2D eigenvalue weighted by Crippen LogP contribution is 2.25. The molecule has 1 saturated heterocycles. The number of nitrogens with one attached hydrogen (secondary N) is 1. The minimum absolute atomic E-state index is 0.404. The van der Waals surface area contributed by atoms with E-state index in [0.29, 0.717) is 18.0 Å². The predicted molar refractivity (Wildman–Crippen MR) is 62.9 cm³/mol. The first-order valence-electron chi connectivity index (χ1n) is 5.57. The van der Waals surface area contributed by atoms with Gasteiger partial charge in [-0.1, -0.05) is 0 Å². The van der Waals surface area contributed by atoms with Gasteiger partial charge in [-0.15, -0.1) is 0 Å². The van der Waals surface area contributed by atoms with Gasteiger partial charge >= 0.3 is 0 Å². The zero-order valence-electron chi connectivity index (χ0n) is 9.97. The molecule has 0 saturated carbocycles. The molecule has 88 valence electrons. The molecular weight excluding hydrogens is 204 g/mol. The molecule has 0 aliphatic carbocycles. The standard InChI is InChI=1S/C11H18N4O/c1-8-7-15(9(2)6-14-8)10-11(16-3)13-5-4-12-10/h4-5,8-9,14H,6-7H2,1-3H3. The number of ether oxygens (including phenoxy) is 1. The van der Waals surface area contributed by atoms with Crippen LogP contribution in [0.2, 0.25) is 0 Å². The zero-order chi connectivity index (χ0) is 11.5. The fourth-order valence-electron chi connectivity index (χ4n) is 1.98. The lowest BCUT2D eigenvalue weighted by Gasteiger charge is -2.38. The van der Waals surface area contributed by atoms with Gasteiger partial charge in [0.1, 0.15) is 0 Å². The zero-order valence-corrected chi connectivity index (χ0v) is 9.97. The largest absolute Gasteiger partial charge is 0.478 e. The van der Waals surface area contributed by atoms with Crippen LogP contribution in [-0.2, 0) is 0 Å². The molecule has 0 aromatic carbocycles. The van der Waals surface area contributed by atoms with E-state index < -0.39 is 0 Å². The SMILES string of the molecule is COc1nccnc1N1CC(C)NCC1C. The summed E-state index contributed by atoms with van der Waals surface area (Å²) in [6.45, 7) is 6.23. The van der Waals surface area contributed by atoms with Gasteiger partial charge in [0, 0.05) is 37.6 Å². The number of methoxy groups -OCH3 is 1. The molecule has 2 atom stereocenters. The number of piperazine rings is 1. The molecule has 2 heterocycles. The van der Waals surface area contributed by atoms with Crippen LogP contribution in [0.3, 0.4) is 0 Å². The van der Waals surface area contributed by atoms with Gasteiger partial charge in [0.05, 0.1) is 7.11 Å². The van der Waals surface area contributed by atoms with Crippen LogP contribution < -0.4 is 15.0 Å². The molecule has 2 rings (SSSR count). The maximum atomic E-state index is 5.25. The first-order valence-corrected chi connectivity index (χ1v) is 5.57. The van der Waals surface area contributed by atoms with Gasteiger partial charge in [-0.05, 0) is 13.8 Å². The molecule has 5 heteroatoms. The van der Waals surface area contributed by atoms with Crippen LogP contribution in [0.25, 0.3) is 0 Å². The van der Waals surface area contributed by atoms with Crippen molar-refractivity contribution in [3.63, 3.8) is 0 Å². The molecular formula is C11H18N4O. The lowest BCUT2D eigenvalue weighted by atomic mass is 10.1. The van der Waals surface area contributed by atoms with Crippen LogP contribution in [-0.4, -0.2) is 42.3 Å². The Labute approximate surface area is 95.8 Å². The van der Waals surface area contributed by atoms with E-state index in [9.17, 15) is 0 Å². The second kappa shape index (κ2) is 4.65. The highest BCUT2D eigenvalue weighted by Gasteiger charge is 2.26. The summed E-state index contributed by atoms with van der Waals surface area (Å²) < 4.78 is 5.25. The van der Waals surface area contributed by atoms with Crippen molar-refractivity contribution in [1.29, 1.82) is 0 Å². The maximum absolute atomic E-state index is 5.25. The molecule has 0 radical (unpaired) electrons. The van der Waals surface area contributed by atoms with Crippen molar-refractivity contribution in [3.05, 3.63) is 12.4 Å². The number of rotatable bonds is 2. The molecule has 1 aliphatic heterocycles. The molecule has 1 aromatic heterocycles. The van der Waals surface area contributed by atoms with Crippen molar-refractivity contribution in [2.45, 2.75) is 25.9 Å². The lowest BCUT2D eigenvalue weighted by Crippen LogP contribution is -2.54. The molecule has 1 aliphatic rings. The third-order valence-electron chi connectivity index (χ3n) is 2.88. The Bertz CT molecular complexity index is 358. The minimum Gasteiger partial charge on any atom is -0.478 e. The molecule has 1 N–H and O–H groups in total.